The molecule has 0 atom stereocenters. The Balaban J connectivity index is 1.79. The molecule has 3 rings (SSSR count). The number of amides is 1. The van der Waals surface area contributed by atoms with Crippen LogP contribution in [0, 0.1) is 5.82 Å². The van der Waals surface area contributed by atoms with Crippen molar-refractivity contribution in [3.8, 4) is 16.9 Å². The fourth-order valence-corrected chi connectivity index (χ4v) is 3.65. The quantitative estimate of drug-likeness (QED) is 0.259. The Morgan fingerprint density at radius 2 is 1.76 bits per heavy atom. The van der Waals surface area contributed by atoms with Gasteiger partial charge in [-0.3, -0.25) is 4.79 Å². The second kappa shape index (κ2) is 10.8. The number of rotatable bonds is 8. The predicted octanol–water partition coefficient (Wildman–Crippen LogP) is 6.83. The van der Waals surface area contributed by atoms with Gasteiger partial charge in [-0.05, 0) is 35.4 Å². The van der Waals surface area contributed by atoms with Gasteiger partial charge in [-0.25, -0.2) is 4.39 Å². The fourth-order valence-electron chi connectivity index (χ4n) is 3.11. The maximum absolute atomic E-state index is 15.0. The summed E-state index contributed by atoms with van der Waals surface area (Å²) in [5.41, 5.74) is -0.368. The molecule has 3 aromatic carbocycles. The lowest BCUT2D eigenvalue weighted by molar-refractivity contribution is -0.139. The van der Waals surface area contributed by atoms with Crippen LogP contribution in [0.3, 0.4) is 0 Å². The van der Waals surface area contributed by atoms with Crippen LogP contribution in [-0.4, -0.2) is 19.1 Å². The van der Waals surface area contributed by atoms with Gasteiger partial charge in [0.25, 0.3) is 0 Å². The molecule has 0 spiro atoms. The third-order valence-corrected chi connectivity index (χ3v) is 5.23. The molecule has 3 aromatic rings. The minimum absolute atomic E-state index is 0.0217. The maximum atomic E-state index is 15.0. The van der Waals surface area contributed by atoms with Gasteiger partial charge in [0.2, 0.25) is 5.91 Å². The number of ether oxygens (including phenoxy) is 2. The summed E-state index contributed by atoms with van der Waals surface area (Å²) < 4.78 is 67.1. The summed E-state index contributed by atoms with van der Waals surface area (Å²) in [6.07, 6.45) is -4.73. The molecule has 0 saturated heterocycles. The summed E-state index contributed by atoms with van der Waals surface area (Å²) in [5, 5.41) is 2.32. The van der Waals surface area contributed by atoms with E-state index in [1.54, 1.807) is 0 Å². The van der Waals surface area contributed by atoms with Crippen molar-refractivity contribution in [1.82, 2.24) is 0 Å². The van der Waals surface area contributed by atoms with Crippen molar-refractivity contribution in [2.24, 2.45) is 0 Å². The minimum Gasteiger partial charge on any atom is -0.491 e. The molecule has 1 N–H and O–H groups in total. The van der Waals surface area contributed by atoms with E-state index < -0.39 is 23.5 Å². The van der Waals surface area contributed by atoms with Crippen LogP contribution in [0.5, 0.6) is 5.75 Å². The first-order chi connectivity index (χ1) is 15.7. The van der Waals surface area contributed by atoms with E-state index in [9.17, 15) is 22.4 Å². The Bertz CT molecular complexity index is 1120. The van der Waals surface area contributed by atoms with E-state index >= 15 is 0 Å². The van der Waals surface area contributed by atoms with E-state index in [0.29, 0.717) is 6.61 Å². The smallest absolute Gasteiger partial charge is 0.419 e. The molecule has 0 aliphatic heterocycles. The normalized spacial score (nSPS) is 11.3. The van der Waals surface area contributed by atoms with Gasteiger partial charge in [0, 0.05) is 17.0 Å². The van der Waals surface area contributed by atoms with Gasteiger partial charge >= 0.3 is 6.18 Å². The highest BCUT2D eigenvalue weighted by atomic mass is 79.9. The monoisotopic (exact) mass is 525 g/mol. The van der Waals surface area contributed by atoms with Crippen LogP contribution < -0.4 is 10.1 Å². The van der Waals surface area contributed by atoms with Gasteiger partial charge in [-0.2, -0.15) is 13.2 Å². The number of carbonyl (C=O) groups excluding carboxylic acids is 1. The highest BCUT2D eigenvalue weighted by Gasteiger charge is 2.35. The molecule has 0 unspecified atom stereocenters. The van der Waals surface area contributed by atoms with E-state index in [1.165, 1.54) is 25.1 Å². The molecular formula is C24H20BrF4NO3. The molecule has 1 amide bonds. The first-order valence-electron chi connectivity index (χ1n) is 9.88. The van der Waals surface area contributed by atoms with Crippen LogP contribution in [0.1, 0.15) is 18.1 Å². The van der Waals surface area contributed by atoms with E-state index in [2.05, 4.69) is 21.2 Å². The molecule has 0 bridgehead atoms. The van der Waals surface area contributed by atoms with Crippen LogP contribution in [0.15, 0.2) is 65.1 Å². The molecule has 0 heterocycles. The lowest BCUT2D eigenvalue weighted by Crippen LogP contribution is -2.12. The summed E-state index contributed by atoms with van der Waals surface area (Å²) in [6, 6.07) is 15.4. The molecule has 0 aromatic heterocycles. The Kier molecular flexibility index (Phi) is 8.10. The SMILES string of the molecule is CC(=O)Nc1ccc(Br)c(-c2ccc(OCCOCc3ccccc3)c(C(F)(F)F)c2)c1F. The van der Waals surface area contributed by atoms with Crippen LogP contribution in [0.2, 0.25) is 0 Å². The summed E-state index contributed by atoms with van der Waals surface area (Å²) in [4.78, 5) is 11.3. The second-order valence-electron chi connectivity index (χ2n) is 7.06. The highest BCUT2D eigenvalue weighted by molar-refractivity contribution is 9.10. The molecular weight excluding hydrogens is 506 g/mol. The number of benzene rings is 3. The van der Waals surface area contributed by atoms with Crippen LogP contribution in [-0.2, 0) is 22.3 Å². The standard InChI is InChI=1S/C24H20BrF4NO3/c1-15(31)30-20-9-8-19(25)22(23(20)26)17-7-10-21(18(13-17)24(27,28)29)33-12-11-32-14-16-5-3-2-4-6-16/h2-10,13H,11-12,14H2,1H3,(H,30,31). The first-order valence-corrected chi connectivity index (χ1v) is 10.7. The number of hydrogen-bond donors (Lipinski definition) is 1. The Labute approximate surface area is 196 Å². The topological polar surface area (TPSA) is 47.6 Å². The summed E-state index contributed by atoms with van der Waals surface area (Å²) in [6.45, 7) is 1.52. The van der Waals surface area contributed by atoms with Crippen LogP contribution in [0.25, 0.3) is 11.1 Å². The summed E-state index contributed by atoms with van der Waals surface area (Å²) in [7, 11) is 0. The Morgan fingerprint density at radius 1 is 1.03 bits per heavy atom. The average molecular weight is 526 g/mol. The number of alkyl halides is 3. The molecule has 0 aliphatic carbocycles. The van der Waals surface area contributed by atoms with Crippen molar-refractivity contribution in [1.29, 1.82) is 0 Å². The van der Waals surface area contributed by atoms with Gasteiger partial charge in [0.15, 0.2) is 5.82 Å². The van der Waals surface area contributed by atoms with Crippen LogP contribution >= 0.6 is 15.9 Å². The molecule has 33 heavy (non-hydrogen) atoms. The lowest BCUT2D eigenvalue weighted by Gasteiger charge is -2.17. The maximum Gasteiger partial charge on any atom is 0.419 e. The third kappa shape index (κ3) is 6.55. The zero-order chi connectivity index (χ0) is 24.0. The number of anilines is 1. The molecule has 0 saturated carbocycles. The largest absolute Gasteiger partial charge is 0.491 e. The number of nitrogens with one attached hydrogen (secondary N) is 1. The van der Waals surface area contributed by atoms with E-state index in [-0.39, 0.29) is 40.3 Å². The van der Waals surface area contributed by atoms with E-state index in [0.717, 1.165) is 17.7 Å². The highest BCUT2D eigenvalue weighted by Crippen LogP contribution is 2.41. The van der Waals surface area contributed by atoms with E-state index in [4.69, 9.17) is 9.47 Å². The molecule has 0 radical (unpaired) electrons. The zero-order valence-corrected chi connectivity index (χ0v) is 19.1. The summed E-state index contributed by atoms with van der Waals surface area (Å²) >= 11 is 3.17. The van der Waals surface area contributed by atoms with Gasteiger partial charge in [0.05, 0.1) is 24.5 Å². The zero-order valence-electron chi connectivity index (χ0n) is 17.5. The van der Waals surface area contributed by atoms with Crippen molar-refractivity contribution >= 4 is 27.5 Å². The van der Waals surface area contributed by atoms with Crippen molar-refractivity contribution < 1.29 is 31.8 Å². The predicted molar refractivity (Wildman–Crippen MR) is 120 cm³/mol. The lowest BCUT2D eigenvalue weighted by atomic mass is 10.0. The molecule has 174 valence electrons. The van der Waals surface area contributed by atoms with Gasteiger partial charge in [0.1, 0.15) is 12.4 Å². The third-order valence-electron chi connectivity index (χ3n) is 4.57. The Morgan fingerprint density at radius 3 is 2.42 bits per heavy atom. The fraction of sp³-hybridized carbons (Fsp3) is 0.208. The molecule has 0 aliphatic rings. The number of hydrogen-bond acceptors (Lipinski definition) is 3. The van der Waals surface area contributed by atoms with Gasteiger partial charge in [-0.15, -0.1) is 0 Å². The van der Waals surface area contributed by atoms with E-state index in [1.807, 2.05) is 30.3 Å². The van der Waals surface area contributed by atoms with Gasteiger partial charge < -0.3 is 14.8 Å². The number of carbonyl (C=O) groups is 1. The average Bonchev–Trinajstić information content (AvgIpc) is 2.76. The molecule has 9 heteroatoms. The van der Waals surface area contributed by atoms with Crippen molar-refractivity contribution in [2.75, 3.05) is 18.5 Å². The van der Waals surface area contributed by atoms with Crippen LogP contribution in [0.4, 0.5) is 23.2 Å². The first kappa shape index (κ1) is 24.7. The molecule has 0 fully saturated rings. The molecule has 4 nitrogen and oxygen atoms in total. The van der Waals surface area contributed by atoms with Crippen molar-refractivity contribution in [2.45, 2.75) is 19.7 Å². The second-order valence-corrected chi connectivity index (χ2v) is 7.91. The summed E-state index contributed by atoms with van der Waals surface area (Å²) in [5.74, 6) is -1.74. The van der Waals surface area contributed by atoms with Crippen molar-refractivity contribution in [3.63, 3.8) is 0 Å². The Hall–Kier alpha value is -2.91. The van der Waals surface area contributed by atoms with Crippen molar-refractivity contribution in [3.05, 3.63) is 82.1 Å². The van der Waals surface area contributed by atoms with Gasteiger partial charge in [-0.1, -0.05) is 52.3 Å². The number of halogens is 5. The minimum atomic E-state index is -4.73.